The van der Waals surface area contributed by atoms with Crippen LogP contribution in [0.5, 0.6) is 0 Å². The monoisotopic (exact) mass is 346 g/mol. The van der Waals surface area contributed by atoms with Crippen LogP contribution in [0.3, 0.4) is 0 Å². The topological polar surface area (TPSA) is 33.1 Å². The minimum atomic E-state index is 0.707. The molecule has 1 atom stereocenters. The molecule has 3 rings (SSSR count). The van der Waals surface area contributed by atoms with Crippen molar-refractivity contribution in [1.82, 2.24) is 20.0 Å². The van der Waals surface area contributed by atoms with Crippen molar-refractivity contribution in [2.75, 3.05) is 19.6 Å². The van der Waals surface area contributed by atoms with Crippen LogP contribution in [0, 0.1) is 12.8 Å². The molecule has 24 heavy (non-hydrogen) atoms. The first kappa shape index (κ1) is 17.5. The lowest BCUT2D eigenvalue weighted by atomic mass is 9.97. The lowest BCUT2D eigenvalue weighted by molar-refractivity contribution is 0.165. The van der Waals surface area contributed by atoms with Gasteiger partial charge in [-0.15, -0.1) is 0 Å². The number of piperidine rings is 1. The van der Waals surface area contributed by atoms with Crippen LogP contribution in [-0.2, 0) is 20.1 Å². The number of rotatable bonds is 6. The van der Waals surface area contributed by atoms with E-state index in [1.54, 1.807) is 4.68 Å². The Balaban J connectivity index is 1.47. The number of hydrogen-bond acceptors (Lipinski definition) is 3. The van der Waals surface area contributed by atoms with Gasteiger partial charge in [-0.25, -0.2) is 0 Å². The number of hydrogen-bond donors (Lipinski definition) is 1. The van der Waals surface area contributed by atoms with Crippen LogP contribution in [0.2, 0.25) is 5.15 Å². The summed E-state index contributed by atoms with van der Waals surface area (Å²) >= 11 is 6.30. The zero-order valence-electron chi connectivity index (χ0n) is 14.6. The Morgan fingerprint density at radius 2 is 2.08 bits per heavy atom. The third-order valence-electron chi connectivity index (χ3n) is 4.86. The van der Waals surface area contributed by atoms with Crippen molar-refractivity contribution >= 4 is 11.6 Å². The molecule has 1 aromatic carbocycles. The van der Waals surface area contributed by atoms with Crippen LogP contribution in [0.1, 0.15) is 29.7 Å². The van der Waals surface area contributed by atoms with Gasteiger partial charge < -0.3 is 5.32 Å². The summed E-state index contributed by atoms with van der Waals surface area (Å²) in [4.78, 5) is 2.58. The van der Waals surface area contributed by atoms with Crippen molar-refractivity contribution in [2.24, 2.45) is 13.0 Å². The number of benzene rings is 1. The smallest absolute Gasteiger partial charge is 0.131 e. The second kappa shape index (κ2) is 8.15. The molecule has 0 unspecified atom stereocenters. The molecule has 1 saturated heterocycles. The number of nitrogens with one attached hydrogen (secondary N) is 1. The molecule has 0 saturated carbocycles. The van der Waals surface area contributed by atoms with Crippen molar-refractivity contribution in [2.45, 2.75) is 32.9 Å². The van der Waals surface area contributed by atoms with E-state index in [9.17, 15) is 0 Å². The molecule has 0 radical (unpaired) electrons. The van der Waals surface area contributed by atoms with Crippen LogP contribution in [0.25, 0.3) is 0 Å². The van der Waals surface area contributed by atoms with E-state index in [1.807, 2.05) is 14.0 Å². The second-order valence-corrected chi connectivity index (χ2v) is 7.20. The van der Waals surface area contributed by atoms with Gasteiger partial charge in [0.2, 0.25) is 0 Å². The summed E-state index contributed by atoms with van der Waals surface area (Å²) in [5.41, 5.74) is 3.55. The number of nitrogens with zero attached hydrogens (tertiary/aromatic N) is 3. The van der Waals surface area contributed by atoms with Crippen LogP contribution >= 0.6 is 11.6 Å². The highest BCUT2D eigenvalue weighted by molar-refractivity contribution is 6.30. The summed E-state index contributed by atoms with van der Waals surface area (Å²) in [6.45, 7) is 7.29. The zero-order chi connectivity index (χ0) is 16.9. The highest BCUT2D eigenvalue weighted by Gasteiger charge is 2.20. The molecule has 5 heteroatoms. The SMILES string of the molecule is Cc1nn(C)c(Cl)c1CNC[C@@H]1CCCN(Cc2ccccc2)C1. The molecule has 1 aliphatic rings. The molecule has 4 nitrogen and oxygen atoms in total. The zero-order valence-corrected chi connectivity index (χ0v) is 15.4. The Bertz CT molecular complexity index is 653. The lowest BCUT2D eigenvalue weighted by Gasteiger charge is -2.33. The van der Waals surface area contributed by atoms with E-state index in [4.69, 9.17) is 11.6 Å². The van der Waals surface area contributed by atoms with Gasteiger partial charge in [0.25, 0.3) is 0 Å². The maximum absolute atomic E-state index is 6.30. The molecule has 0 aliphatic carbocycles. The summed E-state index contributed by atoms with van der Waals surface area (Å²) in [6, 6.07) is 10.8. The Labute approximate surface area is 149 Å². The van der Waals surface area contributed by atoms with Crippen LogP contribution < -0.4 is 5.32 Å². The van der Waals surface area contributed by atoms with Gasteiger partial charge >= 0.3 is 0 Å². The number of aromatic nitrogens is 2. The van der Waals surface area contributed by atoms with Crippen molar-refractivity contribution in [3.05, 3.63) is 52.3 Å². The van der Waals surface area contributed by atoms with Crippen LogP contribution in [0.15, 0.2) is 30.3 Å². The Morgan fingerprint density at radius 1 is 1.29 bits per heavy atom. The summed E-state index contributed by atoms with van der Waals surface area (Å²) < 4.78 is 1.75. The maximum atomic E-state index is 6.30. The average molecular weight is 347 g/mol. The summed E-state index contributed by atoms with van der Waals surface area (Å²) in [5, 5.41) is 8.70. The average Bonchev–Trinajstić information content (AvgIpc) is 2.82. The van der Waals surface area contributed by atoms with Gasteiger partial charge in [0.1, 0.15) is 5.15 Å². The molecule has 0 spiro atoms. The van der Waals surface area contributed by atoms with Gasteiger partial charge in [-0.2, -0.15) is 5.10 Å². The summed E-state index contributed by atoms with van der Waals surface area (Å²) in [7, 11) is 1.89. The standard InChI is InChI=1S/C19H27ClN4/c1-15-18(19(20)23(2)22-15)12-21-11-17-9-6-10-24(14-17)13-16-7-4-3-5-8-16/h3-5,7-8,17,21H,6,9-14H2,1-2H3/t17-/m0/s1. The summed E-state index contributed by atoms with van der Waals surface area (Å²) in [5.74, 6) is 0.707. The molecular formula is C19H27ClN4. The van der Waals surface area contributed by atoms with Crippen LogP contribution in [-0.4, -0.2) is 34.3 Å². The third-order valence-corrected chi connectivity index (χ3v) is 5.33. The molecule has 2 heterocycles. The normalized spacial score (nSPS) is 18.9. The van der Waals surface area contributed by atoms with E-state index in [2.05, 4.69) is 45.6 Å². The molecule has 1 fully saturated rings. The van der Waals surface area contributed by atoms with Gasteiger partial charge in [-0.1, -0.05) is 41.9 Å². The second-order valence-electron chi connectivity index (χ2n) is 6.84. The number of halogens is 1. The fraction of sp³-hybridized carbons (Fsp3) is 0.526. The van der Waals surface area contributed by atoms with Gasteiger partial charge in [0.05, 0.1) is 5.69 Å². The highest BCUT2D eigenvalue weighted by Crippen LogP contribution is 2.20. The molecule has 0 amide bonds. The first-order valence-corrected chi connectivity index (χ1v) is 9.16. The molecule has 1 N–H and O–H groups in total. The molecule has 1 aromatic heterocycles. The van der Waals surface area contributed by atoms with E-state index in [-0.39, 0.29) is 0 Å². The Morgan fingerprint density at radius 3 is 2.79 bits per heavy atom. The van der Waals surface area contributed by atoms with Gasteiger partial charge in [-0.3, -0.25) is 9.58 Å². The van der Waals surface area contributed by atoms with E-state index in [1.165, 1.54) is 31.5 Å². The lowest BCUT2D eigenvalue weighted by Crippen LogP contribution is -2.39. The van der Waals surface area contributed by atoms with Gasteiger partial charge in [-0.05, 0) is 44.3 Å². The quantitative estimate of drug-likeness (QED) is 0.870. The fourth-order valence-corrected chi connectivity index (χ4v) is 3.82. The number of aryl methyl sites for hydroxylation is 2. The van der Waals surface area contributed by atoms with E-state index >= 15 is 0 Å². The van der Waals surface area contributed by atoms with Crippen molar-refractivity contribution in [1.29, 1.82) is 0 Å². The molecule has 1 aliphatic heterocycles. The maximum Gasteiger partial charge on any atom is 0.131 e. The molecule has 2 aromatic rings. The van der Waals surface area contributed by atoms with E-state index in [0.29, 0.717) is 5.92 Å². The van der Waals surface area contributed by atoms with Crippen molar-refractivity contribution in [3.63, 3.8) is 0 Å². The first-order valence-electron chi connectivity index (χ1n) is 8.78. The van der Waals surface area contributed by atoms with E-state index in [0.717, 1.165) is 36.0 Å². The Hall–Kier alpha value is -1.36. The third kappa shape index (κ3) is 4.38. The summed E-state index contributed by atoms with van der Waals surface area (Å²) in [6.07, 6.45) is 2.59. The van der Waals surface area contributed by atoms with Crippen LogP contribution in [0.4, 0.5) is 0 Å². The molecular weight excluding hydrogens is 320 g/mol. The first-order chi connectivity index (χ1) is 11.6. The largest absolute Gasteiger partial charge is 0.312 e. The minimum absolute atomic E-state index is 0.707. The fourth-order valence-electron chi connectivity index (χ4n) is 3.58. The molecule has 0 bridgehead atoms. The highest BCUT2D eigenvalue weighted by atomic mass is 35.5. The molecule has 130 valence electrons. The van der Waals surface area contributed by atoms with Gasteiger partial charge in [0, 0.05) is 32.2 Å². The van der Waals surface area contributed by atoms with Gasteiger partial charge in [0.15, 0.2) is 0 Å². The Kier molecular flexibility index (Phi) is 5.93. The number of likely N-dealkylation sites (tertiary alicyclic amines) is 1. The predicted octanol–water partition coefficient (Wildman–Crippen LogP) is 3.38. The predicted molar refractivity (Wildman–Crippen MR) is 99.1 cm³/mol. The minimum Gasteiger partial charge on any atom is -0.312 e. The van der Waals surface area contributed by atoms with Crippen molar-refractivity contribution < 1.29 is 0 Å². The van der Waals surface area contributed by atoms with Crippen molar-refractivity contribution in [3.8, 4) is 0 Å². The van der Waals surface area contributed by atoms with E-state index < -0.39 is 0 Å².